The smallest absolute Gasteiger partial charge is 0.137 e. The van der Waals surface area contributed by atoms with Crippen LogP contribution >= 0.6 is 11.6 Å². The maximum Gasteiger partial charge on any atom is 0.137 e. The third-order valence-corrected chi connectivity index (χ3v) is 4.67. The van der Waals surface area contributed by atoms with Gasteiger partial charge in [-0.3, -0.25) is 0 Å². The first-order chi connectivity index (χ1) is 12.6. The van der Waals surface area contributed by atoms with Crippen molar-refractivity contribution < 1.29 is 9.47 Å². The Morgan fingerprint density at radius 2 is 1.81 bits per heavy atom. The monoisotopic (exact) mass is 372 g/mol. The molecule has 4 nitrogen and oxygen atoms in total. The SMILES string of the molecule is CCCCOc1ccc(CCOc2ccc3[nH]c(C)nc3c2C)cc1Cl. The maximum atomic E-state index is 6.32. The molecule has 0 aliphatic rings. The van der Waals surface area contributed by atoms with Crippen LogP contribution in [0.3, 0.4) is 0 Å². The molecule has 1 aromatic heterocycles. The van der Waals surface area contributed by atoms with Crippen LogP contribution in [-0.2, 0) is 6.42 Å². The summed E-state index contributed by atoms with van der Waals surface area (Å²) >= 11 is 6.32. The molecule has 0 amide bonds. The third-order valence-electron chi connectivity index (χ3n) is 4.38. The Hall–Kier alpha value is -2.20. The fraction of sp³-hybridized carbons (Fsp3) is 0.381. The van der Waals surface area contributed by atoms with Crippen LogP contribution in [0.4, 0.5) is 0 Å². The van der Waals surface area contributed by atoms with Gasteiger partial charge < -0.3 is 14.5 Å². The summed E-state index contributed by atoms with van der Waals surface area (Å²) in [6, 6.07) is 9.95. The van der Waals surface area contributed by atoms with Crippen LogP contribution in [0.25, 0.3) is 11.0 Å². The summed E-state index contributed by atoms with van der Waals surface area (Å²) in [4.78, 5) is 7.77. The summed E-state index contributed by atoms with van der Waals surface area (Å²) in [5, 5.41) is 0.656. The number of H-pyrrole nitrogens is 1. The molecule has 0 bridgehead atoms. The van der Waals surface area contributed by atoms with Gasteiger partial charge in [0.15, 0.2) is 0 Å². The largest absolute Gasteiger partial charge is 0.493 e. The Bertz CT molecular complexity index is 889. The number of aromatic amines is 1. The lowest BCUT2D eigenvalue weighted by atomic mass is 10.1. The molecule has 3 rings (SSSR count). The van der Waals surface area contributed by atoms with Crippen LogP contribution in [0.5, 0.6) is 11.5 Å². The van der Waals surface area contributed by atoms with E-state index in [1.165, 1.54) is 0 Å². The number of unbranched alkanes of at least 4 members (excludes halogenated alkanes) is 1. The zero-order valence-corrected chi connectivity index (χ0v) is 16.3. The number of aromatic nitrogens is 2. The molecule has 0 spiro atoms. The van der Waals surface area contributed by atoms with E-state index in [-0.39, 0.29) is 0 Å². The highest BCUT2D eigenvalue weighted by molar-refractivity contribution is 6.32. The van der Waals surface area contributed by atoms with E-state index >= 15 is 0 Å². The Kier molecular flexibility index (Phi) is 6.04. The van der Waals surface area contributed by atoms with Gasteiger partial charge in [0.1, 0.15) is 17.3 Å². The highest BCUT2D eigenvalue weighted by Gasteiger charge is 2.09. The molecule has 0 radical (unpaired) electrons. The normalized spacial score (nSPS) is 11.1. The first kappa shape index (κ1) is 18.6. The van der Waals surface area contributed by atoms with E-state index in [1.54, 1.807) is 0 Å². The number of imidazole rings is 1. The number of nitrogens with one attached hydrogen (secondary N) is 1. The zero-order valence-electron chi connectivity index (χ0n) is 15.6. The van der Waals surface area contributed by atoms with E-state index in [1.807, 2.05) is 44.2 Å². The lowest BCUT2D eigenvalue weighted by molar-refractivity contribution is 0.309. The van der Waals surface area contributed by atoms with Crippen LogP contribution < -0.4 is 9.47 Å². The number of ether oxygens (including phenoxy) is 2. The van der Waals surface area contributed by atoms with Gasteiger partial charge in [0.05, 0.1) is 29.3 Å². The first-order valence-corrected chi connectivity index (χ1v) is 9.46. The molecule has 0 atom stereocenters. The summed E-state index contributed by atoms with van der Waals surface area (Å²) in [5.74, 6) is 2.53. The summed E-state index contributed by atoms with van der Waals surface area (Å²) < 4.78 is 11.7. The van der Waals surface area contributed by atoms with Crippen molar-refractivity contribution in [2.24, 2.45) is 0 Å². The van der Waals surface area contributed by atoms with Gasteiger partial charge in [0.25, 0.3) is 0 Å². The fourth-order valence-corrected chi connectivity index (χ4v) is 3.15. The fourth-order valence-electron chi connectivity index (χ4n) is 2.90. The molecule has 0 aliphatic heterocycles. The maximum absolute atomic E-state index is 6.32. The van der Waals surface area contributed by atoms with Crippen LogP contribution in [0.2, 0.25) is 5.02 Å². The molecule has 2 aromatic carbocycles. The van der Waals surface area contributed by atoms with E-state index < -0.39 is 0 Å². The van der Waals surface area contributed by atoms with Crippen molar-refractivity contribution >= 4 is 22.6 Å². The average molecular weight is 373 g/mol. The van der Waals surface area contributed by atoms with Crippen molar-refractivity contribution in [3.63, 3.8) is 0 Å². The standard InChI is InChI=1S/C21H25ClN2O2/c1-4-5-11-25-20-8-6-16(13-17(20)22)10-12-26-19-9-7-18-21(14(19)2)24-15(3)23-18/h6-9,13H,4-5,10-12H2,1-3H3,(H,23,24). The van der Waals surface area contributed by atoms with Crippen molar-refractivity contribution in [1.29, 1.82) is 0 Å². The number of rotatable bonds is 8. The molecule has 3 aromatic rings. The number of benzene rings is 2. The molecule has 138 valence electrons. The Morgan fingerprint density at radius 1 is 1.04 bits per heavy atom. The van der Waals surface area contributed by atoms with Gasteiger partial charge in [-0.25, -0.2) is 4.98 Å². The van der Waals surface area contributed by atoms with Gasteiger partial charge in [-0.1, -0.05) is 31.0 Å². The number of fused-ring (bicyclic) bond motifs is 1. The quantitative estimate of drug-likeness (QED) is 0.521. The predicted octanol–water partition coefficient (Wildman–Crippen LogP) is 5.63. The number of nitrogens with zero attached hydrogens (tertiary/aromatic N) is 1. The number of hydrogen-bond donors (Lipinski definition) is 1. The van der Waals surface area contributed by atoms with Crippen LogP contribution in [-0.4, -0.2) is 23.2 Å². The second-order valence-corrected chi connectivity index (χ2v) is 6.88. The molecule has 5 heteroatoms. The molecule has 0 fully saturated rings. The molecular formula is C21H25ClN2O2. The van der Waals surface area contributed by atoms with Crippen molar-refractivity contribution in [2.75, 3.05) is 13.2 Å². The van der Waals surface area contributed by atoms with Crippen molar-refractivity contribution in [2.45, 2.75) is 40.0 Å². The zero-order chi connectivity index (χ0) is 18.5. The van der Waals surface area contributed by atoms with E-state index in [2.05, 4.69) is 16.9 Å². The van der Waals surface area contributed by atoms with Crippen molar-refractivity contribution in [3.8, 4) is 11.5 Å². The van der Waals surface area contributed by atoms with Gasteiger partial charge in [-0.2, -0.15) is 0 Å². The first-order valence-electron chi connectivity index (χ1n) is 9.08. The molecule has 26 heavy (non-hydrogen) atoms. The summed E-state index contributed by atoms with van der Waals surface area (Å²) in [5.41, 5.74) is 4.20. The third kappa shape index (κ3) is 4.31. The van der Waals surface area contributed by atoms with Crippen molar-refractivity contribution in [3.05, 3.63) is 52.3 Å². The minimum atomic E-state index is 0.585. The molecule has 0 unspecified atom stereocenters. The van der Waals surface area contributed by atoms with Crippen LogP contribution in [0, 0.1) is 13.8 Å². The average Bonchev–Trinajstić information content (AvgIpc) is 3.00. The van der Waals surface area contributed by atoms with E-state index in [4.69, 9.17) is 21.1 Å². The highest BCUT2D eigenvalue weighted by Crippen LogP contribution is 2.27. The molecule has 0 saturated carbocycles. The van der Waals surface area contributed by atoms with Crippen molar-refractivity contribution in [1.82, 2.24) is 9.97 Å². The lowest BCUT2D eigenvalue weighted by Crippen LogP contribution is -2.03. The lowest BCUT2D eigenvalue weighted by Gasteiger charge is -2.11. The van der Waals surface area contributed by atoms with Gasteiger partial charge in [0.2, 0.25) is 0 Å². The number of halogens is 1. The Labute approximate surface area is 159 Å². The molecule has 0 saturated heterocycles. The predicted molar refractivity (Wildman–Crippen MR) is 107 cm³/mol. The number of hydrogen-bond acceptors (Lipinski definition) is 3. The Morgan fingerprint density at radius 3 is 2.58 bits per heavy atom. The van der Waals surface area contributed by atoms with Gasteiger partial charge >= 0.3 is 0 Å². The molecule has 0 aliphatic carbocycles. The second kappa shape index (κ2) is 8.45. The van der Waals surface area contributed by atoms with E-state index in [9.17, 15) is 0 Å². The van der Waals surface area contributed by atoms with E-state index in [0.717, 1.165) is 58.7 Å². The highest BCUT2D eigenvalue weighted by atomic mass is 35.5. The topological polar surface area (TPSA) is 47.1 Å². The van der Waals surface area contributed by atoms with E-state index in [0.29, 0.717) is 18.2 Å². The number of aryl methyl sites for hydroxylation is 2. The molecule has 1 N–H and O–H groups in total. The summed E-state index contributed by atoms with van der Waals surface area (Å²) in [7, 11) is 0. The van der Waals surface area contributed by atoms with Gasteiger partial charge in [-0.15, -0.1) is 0 Å². The van der Waals surface area contributed by atoms with Gasteiger partial charge in [-0.05, 0) is 50.1 Å². The summed E-state index contributed by atoms with van der Waals surface area (Å²) in [6.07, 6.45) is 2.92. The molecule has 1 heterocycles. The second-order valence-electron chi connectivity index (χ2n) is 6.47. The molecular weight excluding hydrogens is 348 g/mol. The summed E-state index contributed by atoms with van der Waals surface area (Å²) in [6.45, 7) is 7.42. The van der Waals surface area contributed by atoms with Crippen LogP contribution in [0.15, 0.2) is 30.3 Å². The minimum absolute atomic E-state index is 0.585. The van der Waals surface area contributed by atoms with Crippen LogP contribution in [0.1, 0.15) is 36.7 Å². The van der Waals surface area contributed by atoms with Gasteiger partial charge in [0, 0.05) is 12.0 Å². The Balaban J connectivity index is 1.59. The minimum Gasteiger partial charge on any atom is -0.493 e.